The first kappa shape index (κ1) is 17.3. The molecule has 0 saturated heterocycles. The molecular formula is C21H19FN2O3. The van der Waals surface area contributed by atoms with Gasteiger partial charge in [0.2, 0.25) is 5.43 Å². The molecule has 0 saturated carbocycles. The van der Waals surface area contributed by atoms with E-state index in [1.165, 1.54) is 29.6 Å². The number of anilines is 1. The Morgan fingerprint density at radius 2 is 2.07 bits per heavy atom. The van der Waals surface area contributed by atoms with Gasteiger partial charge in [-0.3, -0.25) is 4.79 Å². The van der Waals surface area contributed by atoms with Crippen molar-refractivity contribution in [2.75, 3.05) is 18.5 Å². The van der Waals surface area contributed by atoms with Crippen LogP contribution < -0.4 is 10.3 Å². The van der Waals surface area contributed by atoms with Crippen LogP contribution >= 0.6 is 0 Å². The van der Waals surface area contributed by atoms with E-state index in [2.05, 4.69) is 24.1 Å². The van der Waals surface area contributed by atoms with Crippen molar-refractivity contribution in [2.24, 2.45) is 0 Å². The average molecular weight is 366 g/mol. The molecule has 0 amide bonds. The zero-order valence-electron chi connectivity index (χ0n) is 14.9. The van der Waals surface area contributed by atoms with Crippen LogP contribution in [0.25, 0.3) is 10.9 Å². The summed E-state index contributed by atoms with van der Waals surface area (Å²) in [5.41, 5.74) is 2.60. The third-order valence-electron chi connectivity index (χ3n) is 5.14. The number of aryl methyl sites for hydroxylation is 1. The molecular weight excluding hydrogens is 347 g/mol. The lowest BCUT2D eigenvalue weighted by molar-refractivity contribution is 0.0695. The van der Waals surface area contributed by atoms with Gasteiger partial charge in [-0.1, -0.05) is 18.2 Å². The predicted octanol–water partition coefficient (Wildman–Crippen LogP) is 3.27. The molecule has 138 valence electrons. The number of hydrogen-bond acceptors (Lipinski definition) is 3. The highest BCUT2D eigenvalue weighted by Gasteiger charge is 2.18. The third-order valence-corrected chi connectivity index (χ3v) is 5.14. The molecule has 1 N–H and O–H groups in total. The van der Waals surface area contributed by atoms with E-state index in [9.17, 15) is 19.1 Å². The maximum Gasteiger partial charge on any atom is 0.341 e. The number of hydrogen-bond donors (Lipinski definition) is 1. The summed E-state index contributed by atoms with van der Waals surface area (Å²) >= 11 is 0. The van der Waals surface area contributed by atoms with Crippen molar-refractivity contribution < 1.29 is 14.3 Å². The summed E-state index contributed by atoms with van der Waals surface area (Å²) in [6.45, 7) is 1.38. The fourth-order valence-corrected chi connectivity index (χ4v) is 3.81. The zero-order chi connectivity index (χ0) is 19.1. The number of pyridine rings is 1. The maximum absolute atomic E-state index is 14.3. The minimum Gasteiger partial charge on any atom is -0.477 e. The molecule has 6 heteroatoms. The highest BCUT2D eigenvalue weighted by atomic mass is 19.1. The van der Waals surface area contributed by atoms with Gasteiger partial charge in [-0.15, -0.1) is 0 Å². The van der Waals surface area contributed by atoms with Gasteiger partial charge in [0.25, 0.3) is 0 Å². The summed E-state index contributed by atoms with van der Waals surface area (Å²) in [5.74, 6) is -2.06. The molecule has 0 fully saturated rings. The van der Waals surface area contributed by atoms with Crippen LogP contribution in [0.5, 0.6) is 0 Å². The largest absolute Gasteiger partial charge is 0.477 e. The summed E-state index contributed by atoms with van der Waals surface area (Å²) in [6.07, 6.45) is 3.38. The smallest absolute Gasteiger partial charge is 0.341 e. The van der Waals surface area contributed by atoms with E-state index in [0.29, 0.717) is 12.1 Å². The van der Waals surface area contributed by atoms with Gasteiger partial charge in [0.15, 0.2) is 0 Å². The number of carboxylic acids is 1. The van der Waals surface area contributed by atoms with Crippen LogP contribution in [0, 0.1) is 5.82 Å². The quantitative estimate of drug-likeness (QED) is 0.773. The molecule has 5 nitrogen and oxygen atoms in total. The Hall–Kier alpha value is -3.15. The van der Waals surface area contributed by atoms with Crippen LogP contribution in [0.2, 0.25) is 0 Å². The van der Waals surface area contributed by atoms with E-state index in [4.69, 9.17) is 0 Å². The van der Waals surface area contributed by atoms with Crippen LogP contribution in [-0.4, -0.2) is 29.2 Å². The molecule has 1 aliphatic rings. The van der Waals surface area contributed by atoms with Crippen molar-refractivity contribution >= 4 is 22.6 Å². The molecule has 4 rings (SSSR count). The van der Waals surface area contributed by atoms with Crippen LogP contribution in [0.15, 0.2) is 47.4 Å². The Kier molecular flexibility index (Phi) is 4.18. The molecule has 2 heterocycles. The SMILES string of the molecule is CN1CCCc2cc(Cn3cc(C(=O)O)c(=O)c4c(F)cccc43)ccc21. The third kappa shape index (κ3) is 2.97. The van der Waals surface area contributed by atoms with Gasteiger partial charge in [0.05, 0.1) is 10.9 Å². The Labute approximate surface area is 155 Å². The van der Waals surface area contributed by atoms with Gasteiger partial charge in [0, 0.05) is 32.0 Å². The normalized spacial score (nSPS) is 13.6. The van der Waals surface area contributed by atoms with Gasteiger partial charge in [-0.25, -0.2) is 9.18 Å². The molecule has 0 aliphatic carbocycles. The Bertz CT molecular complexity index is 1120. The van der Waals surface area contributed by atoms with Crippen LogP contribution in [0.1, 0.15) is 27.9 Å². The van der Waals surface area contributed by atoms with Crippen LogP contribution in [0.3, 0.4) is 0 Å². The predicted molar refractivity (Wildman–Crippen MR) is 102 cm³/mol. The summed E-state index contributed by atoms with van der Waals surface area (Å²) in [7, 11) is 2.06. The van der Waals surface area contributed by atoms with Crippen molar-refractivity contribution in [2.45, 2.75) is 19.4 Å². The number of carboxylic acid groups (broad SMARTS) is 1. The summed E-state index contributed by atoms with van der Waals surface area (Å²) in [4.78, 5) is 26.1. The van der Waals surface area contributed by atoms with Crippen molar-refractivity contribution in [1.82, 2.24) is 4.57 Å². The molecule has 1 aliphatic heterocycles. The molecule has 2 aromatic carbocycles. The molecule has 0 bridgehead atoms. The number of nitrogens with zero attached hydrogens (tertiary/aromatic N) is 2. The van der Waals surface area contributed by atoms with E-state index in [1.54, 1.807) is 10.6 Å². The van der Waals surface area contributed by atoms with Crippen LogP contribution in [-0.2, 0) is 13.0 Å². The summed E-state index contributed by atoms with van der Waals surface area (Å²) in [6, 6.07) is 10.5. The lowest BCUT2D eigenvalue weighted by Crippen LogP contribution is -2.24. The first-order valence-electron chi connectivity index (χ1n) is 8.83. The Balaban J connectivity index is 1.85. The number of carbonyl (C=O) groups is 1. The Morgan fingerprint density at radius 3 is 2.85 bits per heavy atom. The topological polar surface area (TPSA) is 62.5 Å². The number of fused-ring (bicyclic) bond motifs is 2. The molecule has 0 radical (unpaired) electrons. The lowest BCUT2D eigenvalue weighted by atomic mass is 9.99. The first-order valence-corrected chi connectivity index (χ1v) is 8.83. The van der Waals surface area contributed by atoms with Crippen LogP contribution in [0.4, 0.5) is 10.1 Å². The molecule has 27 heavy (non-hydrogen) atoms. The molecule has 0 unspecified atom stereocenters. The van der Waals surface area contributed by atoms with Gasteiger partial charge >= 0.3 is 5.97 Å². The van der Waals surface area contributed by atoms with E-state index >= 15 is 0 Å². The summed E-state index contributed by atoms with van der Waals surface area (Å²) in [5, 5.41) is 9.17. The van der Waals surface area contributed by atoms with Gasteiger partial charge in [0.1, 0.15) is 11.4 Å². The minimum absolute atomic E-state index is 0.185. The van der Waals surface area contributed by atoms with E-state index in [-0.39, 0.29) is 5.39 Å². The standard InChI is InChI=1S/C21H19FN2O3/c1-23-9-3-4-14-10-13(7-8-17(14)23)11-24-12-15(21(26)27)20(25)19-16(22)5-2-6-18(19)24/h2,5-8,10,12H,3-4,9,11H2,1H3,(H,26,27). The van der Waals surface area contributed by atoms with Crippen molar-refractivity contribution in [1.29, 1.82) is 0 Å². The van der Waals surface area contributed by atoms with Crippen molar-refractivity contribution in [3.8, 4) is 0 Å². The second-order valence-electron chi connectivity index (χ2n) is 6.93. The number of rotatable bonds is 3. The number of aromatic carboxylic acids is 1. The highest BCUT2D eigenvalue weighted by molar-refractivity contribution is 5.92. The van der Waals surface area contributed by atoms with E-state index in [0.717, 1.165) is 24.9 Å². The van der Waals surface area contributed by atoms with E-state index in [1.807, 2.05) is 6.07 Å². The second-order valence-corrected chi connectivity index (χ2v) is 6.93. The summed E-state index contributed by atoms with van der Waals surface area (Å²) < 4.78 is 15.9. The Morgan fingerprint density at radius 1 is 1.26 bits per heavy atom. The number of halogens is 1. The second kappa shape index (κ2) is 6.54. The monoisotopic (exact) mass is 366 g/mol. The van der Waals surface area contributed by atoms with E-state index < -0.39 is 22.8 Å². The first-order chi connectivity index (χ1) is 13.0. The fourth-order valence-electron chi connectivity index (χ4n) is 3.81. The number of benzene rings is 2. The zero-order valence-corrected chi connectivity index (χ0v) is 14.9. The van der Waals surface area contributed by atoms with Gasteiger partial charge < -0.3 is 14.6 Å². The fraction of sp³-hybridized carbons (Fsp3) is 0.238. The molecule has 0 atom stereocenters. The highest BCUT2D eigenvalue weighted by Crippen LogP contribution is 2.27. The average Bonchev–Trinajstić information content (AvgIpc) is 2.64. The molecule has 3 aromatic rings. The maximum atomic E-state index is 14.3. The van der Waals surface area contributed by atoms with Crippen molar-refractivity contribution in [3.63, 3.8) is 0 Å². The van der Waals surface area contributed by atoms with Crippen molar-refractivity contribution in [3.05, 3.63) is 75.3 Å². The van der Waals surface area contributed by atoms with Gasteiger partial charge in [-0.05, 0) is 42.2 Å². The number of aromatic nitrogens is 1. The lowest BCUT2D eigenvalue weighted by Gasteiger charge is -2.28. The van der Waals surface area contributed by atoms with Gasteiger partial charge in [-0.2, -0.15) is 0 Å². The minimum atomic E-state index is -1.36. The molecule has 0 spiro atoms. The molecule has 1 aromatic heterocycles.